The van der Waals surface area contributed by atoms with Crippen molar-refractivity contribution in [2.45, 2.75) is 26.4 Å². The second-order valence-electron chi connectivity index (χ2n) is 7.91. The van der Waals surface area contributed by atoms with Crippen molar-refractivity contribution in [3.05, 3.63) is 48.0 Å². The third-order valence-electron chi connectivity index (χ3n) is 5.36. The molecule has 1 amide bonds. The molecule has 4 heterocycles. The molecule has 0 fully saturated rings. The fourth-order valence-electron chi connectivity index (χ4n) is 3.81. The highest BCUT2D eigenvalue weighted by atomic mass is 19.3. The molecule has 0 bridgehead atoms. The maximum absolute atomic E-state index is 13.2. The van der Waals surface area contributed by atoms with Crippen LogP contribution in [0.3, 0.4) is 0 Å². The number of alkyl halides is 2. The number of ether oxygens (including phenoxy) is 2. The molecular formula is C22H21F2N7O3. The zero-order chi connectivity index (χ0) is 23.8. The quantitative estimate of drug-likeness (QED) is 0.392. The number of H-pyrrole nitrogens is 1. The number of carbonyl (C=O) groups is 1. The summed E-state index contributed by atoms with van der Waals surface area (Å²) in [5.41, 5.74) is 2.63. The number of halogens is 2. The van der Waals surface area contributed by atoms with E-state index >= 15 is 0 Å². The van der Waals surface area contributed by atoms with Crippen molar-refractivity contribution in [1.82, 2.24) is 24.8 Å². The second kappa shape index (κ2) is 8.61. The van der Waals surface area contributed by atoms with Crippen LogP contribution >= 0.6 is 0 Å². The number of nitrogens with zero attached hydrogens (tertiary/aromatic N) is 4. The molecule has 3 aromatic heterocycles. The molecule has 3 N–H and O–H groups in total. The summed E-state index contributed by atoms with van der Waals surface area (Å²) in [5, 5.41) is 17.4. The maximum Gasteiger partial charge on any atom is 0.387 e. The molecule has 0 radical (unpaired) electrons. The van der Waals surface area contributed by atoms with Gasteiger partial charge in [-0.25, -0.2) is 9.50 Å². The average molecular weight is 469 g/mol. The summed E-state index contributed by atoms with van der Waals surface area (Å²) >= 11 is 0. The second-order valence-corrected chi connectivity index (χ2v) is 7.91. The monoisotopic (exact) mass is 469 g/mol. The molecule has 4 aromatic rings. The number of rotatable bonds is 6. The third kappa shape index (κ3) is 3.87. The van der Waals surface area contributed by atoms with Crippen LogP contribution in [0, 0.1) is 0 Å². The van der Waals surface area contributed by atoms with E-state index in [-0.39, 0.29) is 28.5 Å². The summed E-state index contributed by atoms with van der Waals surface area (Å²) in [6.07, 6.45) is 4.65. The van der Waals surface area contributed by atoms with Gasteiger partial charge in [-0.2, -0.15) is 19.0 Å². The number of nitrogens with one attached hydrogen (secondary N) is 3. The summed E-state index contributed by atoms with van der Waals surface area (Å²) in [6, 6.07) is 4.72. The van der Waals surface area contributed by atoms with Gasteiger partial charge in [0, 0.05) is 25.0 Å². The Kier molecular flexibility index (Phi) is 5.48. The smallest absolute Gasteiger partial charge is 0.387 e. The van der Waals surface area contributed by atoms with Crippen LogP contribution in [0.15, 0.2) is 36.8 Å². The van der Waals surface area contributed by atoms with Gasteiger partial charge in [0.25, 0.3) is 5.91 Å². The Morgan fingerprint density at radius 2 is 2.18 bits per heavy atom. The molecular weight excluding hydrogens is 448 g/mol. The van der Waals surface area contributed by atoms with Gasteiger partial charge in [-0.15, -0.1) is 0 Å². The Hall–Kier alpha value is -4.22. The van der Waals surface area contributed by atoms with Gasteiger partial charge in [0.1, 0.15) is 29.4 Å². The number of carbonyl (C=O) groups excluding carboxylic acids is 1. The first kappa shape index (κ1) is 21.6. The van der Waals surface area contributed by atoms with Crippen LogP contribution in [0.4, 0.5) is 20.2 Å². The fraction of sp³-hybridized carbons (Fsp3) is 0.273. The minimum Gasteiger partial charge on any atom is -0.490 e. The number of anilines is 2. The van der Waals surface area contributed by atoms with E-state index in [0.29, 0.717) is 41.6 Å². The Morgan fingerprint density at radius 3 is 2.97 bits per heavy atom. The van der Waals surface area contributed by atoms with Crippen LogP contribution < -0.4 is 20.1 Å². The van der Waals surface area contributed by atoms with E-state index in [1.165, 1.54) is 16.8 Å². The van der Waals surface area contributed by atoms with Gasteiger partial charge in [-0.3, -0.25) is 9.89 Å². The van der Waals surface area contributed by atoms with Crippen LogP contribution in [-0.2, 0) is 0 Å². The van der Waals surface area contributed by atoms with Gasteiger partial charge in [-0.1, -0.05) is 13.8 Å². The van der Waals surface area contributed by atoms with Crippen molar-refractivity contribution >= 4 is 22.9 Å². The van der Waals surface area contributed by atoms with Crippen LogP contribution in [0.2, 0.25) is 0 Å². The predicted molar refractivity (Wildman–Crippen MR) is 120 cm³/mol. The van der Waals surface area contributed by atoms with E-state index in [0.717, 1.165) is 0 Å². The molecule has 0 unspecified atom stereocenters. The lowest BCUT2D eigenvalue weighted by molar-refractivity contribution is -0.0494. The SMILES string of the molecule is CC(C)c1[nH]nc(-c2cc3c(cc2OC(F)F)NCCO3)c1NC(=O)c1cnn2cccnc12. The molecule has 1 aliphatic rings. The van der Waals surface area contributed by atoms with E-state index in [4.69, 9.17) is 9.47 Å². The molecule has 34 heavy (non-hydrogen) atoms. The topological polar surface area (TPSA) is 118 Å². The van der Waals surface area contributed by atoms with Crippen LogP contribution in [0.1, 0.15) is 35.8 Å². The average Bonchev–Trinajstić information content (AvgIpc) is 3.42. The standard InChI is InChI=1S/C22H21F2N7O3/c1-11(2)17-19(28-21(32)13-10-27-31-6-3-4-26-20(13)31)18(30-29-17)12-8-16-14(25-5-7-33-16)9-15(12)34-22(23)24/h3-4,6,8-11,22,25H,5,7H2,1-2H3,(H,28,32)(H,29,30). The molecule has 0 saturated carbocycles. The van der Waals surface area contributed by atoms with Crippen molar-refractivity contribution < 1.29 is 23.0 Å². The minimum atomic E-state index is -3.05. The number of benzene rings is 1. The number of aromatic amines is 1. The van der Waals surface area contributed by atoms with Crippen molar-refractivity contribution in [2.24, 2.45) is 0 Å². The molecule has 0 atom stereocenters. The lowest BCUT2D eigenvalue weighted by Gasteiger charge is -2.22. The number of amides is 1. The highest BCUT2D eigenvalue weighted by Gasteiger charge is 2.26. The van der Waals surface area contributed by atoms with E-state index in [9.17, 15) is 13.6 Å². The molecule has 10 nitrogen and oxygen atoms in total. The van der Waals surface area contributed by atoms with Gasteiger partial charge in [0.2, 0.25) is 0 Å². The molecule has 0 saturated heterocycles. The summed E-state index contributed by atoms with van der Waals surface area (Å²) in [6.45, 7) is 1.74. The largest absolute Gasteiger partial charge is 0.490 e. The highest BCUT2D eigenvalue weighted by Crippen LogP contribution is 2.44. The Balaban J connectivity index is 1.60. The normalized spacial score (nSPS) is 13.0. The van der Waals surface area contributed by atoms with E-state index in [1.807, 2.05) is 13.8 Å². The molecule has 1 aliphatic heterocycles. The molecule has 1 aromatic carbocycles. The van der Waals surface area contributed by atoms with Crippen molar-refractivity contribution in [1.29, 1.82) is 0 Å². The van der Waals surface area contributed by atoms with E-state index < -0.39 is 12.5 Å². The van der Waals surface area contributed by atoms with Gasteiger partial charge < -0.3 is 20.1 Å². The number of hydrogen-bond donors (Lipinski definition) is 3. The first-order valence-corrected chi connectivity index (χ1v) is 10.6. The van der Waals surface area contributed by atoms with Crippen LogP contribution in [0.5, 0.6) is 11.5 Å². The molecule has 12 heteroatoms. The highest BCUT2D eigenvalue weighted by molar-refractivity contribution is 6.10. The Bertz CT molecular complexity index is 1370. The Morgan fingerprint density at radius 1 is 1.32 bits per heavy atom. The first-order valence-electron chi connectivity index (χ1n) is 10.6. The molecule has 0 aliphatic carbocycles. The summed E-state index contributed by atoms with van der Waals surface area (Å²) in [7, 11) is 0. The first-order chi connectivity index (χ1) is 16.4. The Labute approximate surface area is 192 Å². The van der Waals surface area contributed by atoms with Crippen LogP contribution in [-0.4, -0.2) is 50.5 Å². The molecule has 176 valence electrons. The third-order valence-corrected chi connectivity index (χ3v) is 5.36. The van der Waals surface area contributed by atoms with Crippen LogP contribution in [0.25, 0.3) is 16.9 Å². The molecule has 5 rings (SSSR count). The molecule has 0 spiro atoms. The zero-order valence-corrected chi connectivity index (χ0v) is 18.3. The minimum absolute atomic E-state index is 0.0615. The van der Waals surface area contributed by atoms with Gasteiger partial charge in [0.05, 0.1) is 28.8 Å². The van der Waals surface area contributed by atoms with Gasteiger partial charge in [-0.05, 0) is 18.1 Å². The van der Waals surface area contributed by atoms with E-state index in [2.05, 4.69) is 30.9 Å². The van der Waals surface area contributed by atoms with E-state index in [1.54, 1.807) is 24.5 Å². The summed E-state index contributed by atoms with van der Waals surface area (Å²) < 4.78 is 38.4. The lowest BCUT2D eigenvalue weighted by Crippen LogP contribution is -2.18. The van der Waals surface area contributed by atoms with Crippen molar-refractivity contribution in [3.63, 3.8) is 0 Å². The summed E-state index contributed by atoms with van der Waals surface area (Å²) in [5.74, 6) is -0.151. The van der Waals surface area contributed by atoms with Gasteiger partial charge in [0.15, 0.2) is 5.65 Å². The zero-order valence-electron chi connectivity index (χ0n) is 18.3. The van der Waals surface area contributed by atoms with Crippen molar-refractivity contribution in [2.75, 3.05) is 23.8 Å². The number of aromatic nitrogens is 5. The predicted octanol–water partition coefficient (Wildman–Crippen LogP) is 3.90. The summed E-state index contributed by atoms with van der Waals surface area (Å²) in [4.78, 5) is 17.4. The maximum atomic E-state index is 13.2. The van der Waals surface area contributed by atoms with Gasteiger partial charge >= 0.3 is 6.61 Å². The fourth-order valence-corrected chi connectivity index (χ4v) is 3.81. The van der Waals surface area contributed by atoms with Crippen molar-refractivity contribution in [3.8, 4) is 22.8 Å². The lowest BCUT2D eigenvalue weighted by atomic mass is 10.0. The number of fused-ring (bicyclic) bond motifs is 2. The number of hydrogen-bond acceptors (Lipinski definition) is 7.